The fourth-order valence-corrected chi connectivity index (χ4v) is 2.54. The molecule has 0 radical (unpaired) electrons. The zero-order valence-electron chi connectivity index (χ0n) is 18.9. The van der Waals surface area contributed by atoms with Crippen molar-refractivity contribution in [3.8, 4) is 18.0 Å². The van der Waals surface area contributed by atoms with E-state index >= 15 is 0 Å². The van der Waals surface area contributed by atoms with Gasteiger partial charge in [-0.2, -0.15) is 22.8 Å². The molecular weight excluding hydrogens is 422 g/mol. The second kappa shape index (κ2) is 18.5. The lowest BCUT2D eigenvalue weighted by Crippen LogP contribution is -2.28. The topological polar surface area (TPSA) is 86.2 Å². The predicted molar refractivity (Wildman–Crippen MR) is 139 cm³/mol. The molecule has 1 aromatic heterocycles. The van der Waals surface area contributed by atoms with Crippen LogP contribution in [0.1, 0.15) is 33.6 Å². The lowest BCUT2D eigenvalue weighted by atomic mass is 10.2. The molecule has 1 atom stereocenters. The van der Waals surface area contributed by atoms with Crippen molar-refractivity contribution in [2.45, 2.75) is 39.7 Å². The van der Waals surface area contributed by atoms with Crippen LogP contribution in [0.2, 0.25) is 0 Å². The molecule has 0 saturated carbocycles. The molecule has 0 amide bonds. The summed E-state index contributed by atoms with van der Waals surface area (Å²) in [6, 6.07) is 9.94. The molecule has 0 aliphatic carbocycles. The van der Waals surface area contributed by atoms with Crippen molar-refractivity contribution >= 4 is 30.9 Å². The van der Waals surface area contributed by atoms with Crippen LogP contribution in [-0.4, -0.2) is 44.5 Å². The summed E-state index contributed by atoms with van der Waals surface area (Å²) in [5, 5.41) is 28.3. The molecule has 1 unspecified atom stereocenters. The number of aromatic nitrogens is 2. The van der Waals surface area contributed by atoms with E-state index in [1.807, 2.05) is 72.0 Å². The Morgan fingerprint density at radius 2 is 2.06 bits per heavy atom. The van der Waals surface area contributed by atoms with Crippen LogP contribution in [0, 0.1) is 12.3 Å². The summed E-state index contributed by atoms with van der Waals surface area (Å²) in [5.41, 5.74) is 1.99. The van der Waals surface area contributed by atoms with Gasteiger partial charge in [-0.1, -0.05) is 39.2 Å². The lowest BCUT2D eigenvalue weighted by molar-refractivity contribution is 0.276. The van der Waals surface area contributed by atoms with Crippen LogP contribution in [0.25, 0.3) is 5.69 Å². The summed E-state index contributed by atoms with van der Waals surface area (Å²) in [7, 11) is 0. The Hall–Kier alpha value is -3.28. The maximum atomic E-state index is 8.38. The highest BCUT2D eigenvalue weighted by Crippen LogP contribution is 2.19. The summed E-state index contributed by atoms with van der Waals surface area (Å²) in [5.74, 6) is 3.18. The number of unbranched alkanes of at least 4 members (excludes halogenated alkanes) is 1. The van der Waals surface area contributed by atoms with Gasteiger partial charge in [-0.25, -0.2) is 4.68 Å². The monoisotopic (exact) mass is 455 g/mol. The van der Waals surface area contributed by atoms with Crippen LogP contribution in [-0.2, 0) is 0 Å². The summed E-state index contributed by atoms with van der Waals surface area (Å²) in [6.07, 6.45) is 15.3. The smallest absolute Gasteiger partial charge is 0.155 e. The van der Waals surface area contributed by atoms with Crippen molar-refractivity contribution in [2.75, 3.05) is 10.8 Å². The fourth-order valence-electron chi connectivity index (χ4n) is 2.24. The van der Waals surface area contributed by atoms with Gasteiger partial charge in [-0.15, -0.1) is 11.5 Å². The Bertz CT molecular complexity index is 869. The molecular formula is C24H33N5O2S. The number of hydrogen-bond acceptors (Lipinski definition) is 6. The first kappa shape index (κ1) is 28.7. The van der Waals surface area contributed by atoms with Crippen molar-refractivity contribution in [1.29, 1.82) is 0 Å². The highest BCUT2D eigenvalue weighted by Gasteiger charge is 2.10. The number of thiol groups is 1. The first-order valence-corrected chi connectivity index (χ1v) is 10.9. The van der Waals surface area contributed by atoms with Crippen molar-refractivity contribution in [2.24, 2.45) is 10.2 Å². The number of hydrogen-bond donors (Lipinski definition) is 3. The number of nitrogens with zero attached hydrogens (tertiary/aromatic N) is 5. The molecule has 2 aromatic rings. The van der Waals surface area contributed by atoms with Crippen LogP contribution in [0.3, 0.4) is 0 Å². The third-order valence-corrected chi connectivity index (χ3v) is 3.97. The summed E-state index contributed by atoms with van der Waals surface area (Å²) < 4.78 is 1.82. The number of terminal acetylenes is 1. The van der Waals surface area contributed by atoms with Crippen molar-refractivity contribution in [1.82, 2.24) is 9.78 Å². The van der Waals surface area contributed by atoms with Gasteiger partial charge in [0.15, 0.2) is 5.84 Å². The molecule has 172 valence electrons. The predicted octanol–water partition coefficient (Wildman–Crippen LogP) is 5.01. The number of rotatable bonds is 8. The normalized spacial score (nSPS) is 11.7. The van der Waals surface area contributed by atoms with Gasteiger partial charge in [-0.3, -0.25) is 0 Å². The van der Waals surface area contributed by atoms with Crippen molar-refractivity contribution in [3.63, 3.8) is 0 Å². The minimum absolute atomic E-state index is 0.492. The number of aliphatic hydroxyl groups is 2. The van der Waals surface area contributed by atoms with Crippen molar-refractivity contribution < 1.29 is 10.2 Å². The number of aliphatic hydroxyl groups excluding tert-OH is 2. The molecule has 1 heterocycles. The third-order valence-electron chi connectivity index (χ3n) is 3.68. The molecule has 0 spiro atoms. The summed E-state index contributed by atoms with van der Waals surface area (Å²) in [4.78, 5) is 1.97. The lowest BCUT2D eigenvalue weighted by Gasteiger charge is -2.22. The largest absolute Gasteiger partial charge is 0.516 e. The average Bonchev–Trinajstić information content (AvgIpc) is 3.37. The SMILES string of the molecule is C#CC(O)/C=C/O.C=N/N=C(/C=C/CCC)N(CS)c1ccc(-n2cccn2)cc1.CC. The number of allylic oxidation sites excluding steroid dienone is 1. The molecule has 0 saturated heterocycles. The van der Waals surface area contributed by atoms with E-state index in [-0.39, 0.29) is 0 Å². The minimum Gasteiger partial charge on any atom is -0.516 e. The Kier molecular flexibility index (Phi) is 16.6. The van der Waals surface area contributed by atoms with E-state index in [2.05, 4.69) is 47.6 Å². The van der Waals surface area contributed by atoms with Crippen molar-refractivity contribution in [3.05, 3.63) is 67.2 Å². The Morgan fingerprint density at radius 3 is 2.50 bits per heavy atom. The van der Waals surface area contributed by atoms with E-state index in [1.165, 1.54) is 0 Å². The van der Waals surface area contributed by atoms with Crippen LogP contribution in [0.5, 0.6) is 0 Å². The van der Waals surface area contributed by atoms with Crippen LogP contribution in [0.15, 0.2) is 77.4 Å². The van der Waals surface area contributed by atoms with E-state index in [4.69, 9.17) is 16.6 Å². The molecule has 7 nitrogen and oxygen atoms in total. The Labute approximate surface area is 196 Å². The summed E-state index contributed by atoms with van der Waals surface area (Å²) in [6.45, 7) is 9.59. The van der Waals surface area contributed by atoms with Gasteiger partial charge in [-0.05, 0) is 48.9 Å². The molecule has 32 heavy (non-hydrogen) atoms. The van der Waals surface area contributed by atoms with Gasteiger partial charge in [0, 0.05) is 24.8 Å². The second-order valence-electron chi connectivity index (χ2n) is 5.78. The standard InChI is InChI=1S/C17H21N5S.C5H6O2.C2H6/c1-3-4-5-7-17(20-18-2)21(14-23)15-8-10-16(11-9-15)22-13-6-12-19-22;1-2-5(7)3-4-6;1-2/h5-13,23H,2-4,14H2,1H3;1,3-7H;1-2H3/b7-5+,20-17-;4-3+;. The van der Waals surface area contributed by atoms with E-state index in [0.717, 1.165) is 36.1 Å². The Balaban J connectivity index is 0.000000911. The van der Waals surface area contributed by atoms with E-state index in [0.29, 0.717) is 12.1 Å². The van der Waals surface area contributed by atoms with Gasteiger partial charge in [0.1, 0.15) is 6.10 Å². The number of amidine groups is 1. The van der Waals surface area contributed by atoms with Crippen LogP contribution in [0.4, 0.5) is 5.69 Å². The van der Waals surface area contributed by atoms with Gasteiger partial charge < -0.3 is 15.1 Å². The van der Waals surface area contributed by atoms with Crippen LogP contribution >= 0.6 is 12.6 Å². The molecule has 1 aromatic carbocycles. The average molecular weight is 456 g/mol. The Morgan fingerprint density at radius 1 is 1.38 bits per heavy atom. The molecule has 2 rings (SSSR count). The van der Waals surface area contributed by atoms with Gasteiger partial charge in [0.2, 0.25) is 0 Å². The first-order valence-electron chi connectivity index (χ1n) is 10.2. The van der Waals surface area contributed by atoms with Gasteiger partial charge >= 0.3 is 0 Å². The van der Waals surface area contributed by atoms with E-state index in [9.17, 15) is 0 Å². The number of anilines is 1. The molecule has 0 bridgehead atoms. The second-order valence-corrected chi connectivity index (χ2v) is 6.06. The maximum absolute atomic E-state index is 8.38. The molecule has 2 N–H and O–H groups in total. The maximum Gasteiger partial charge on any atom is 0.155 e. The third kappa shape index (κ3) is 10.7. The summed E-state index contributed by atoms with van der Waals surface area (Å²) >= 11 is 4.42. The van der Waals surface area contributed by atoms with Gasteiger partial charge in [0.05, 0.1) is 17.8 Å². The zero-order valence-corrected chi connectivity index (χ0v) is 19.8. The molecule has 8 heteroatoms. The zero-order chi connectivity index (χ0) is 24.2. The highest BCUT2D eigenvalue weighted by molar-refractivity contribution is 7.80. The molecule has 0 aliphatic rings. The van der Waals surface area contributed by atoms with E-state index in [1.54, 1.807) is 6.20 Å². The fraction of sp³-hybridized carbons (Fsp3) is 0.292. The van der Waals surface area contributed by atoms with Gasteiger partial charge in [0.25, 0.3) is 0 Å². The van der Waals surface area contributed by atoms with E-state index < -0.39 is 6.10 Å². The molecule has 0 aliphatic heterocycles. The first-order chi connectivity index (χ1) is 15.6. The molecule has 0 fully saturated rings. The van der Waals surface area contributed by atoms with Crippen LogP contribution < -0.4 is 4.90 Å². The highest BCUT2D eigenvalue weighted by atomic mass is 32.1. The minimum atomic E-state index is -0.954. The quantitative estimate of drug-likeness (QED) is 0.0993. The number of benzene rings is 1.